The summed E-state index contributed by atoms with van der Waals surface area (Å²) in [4.78, 5) is 0.231. The van der Waals surface area contributed by atoms with Crippen LogP contribution in [0, 0.1) is 24.2 Å². The second-order valence-electron chi connectivity index (χ2n) is 4.75. The number of hydrogen-bond donors (Lipinski definition) is 1. The first-order valence-corrected chi connectivity index (χ1v) is 7.29. The highest BCUT2D eigenvalue weighted by atomic mass is 32.2. The van der Waals surface area contributed by atoms with Crippen molar-refractivity contribution in [3.63, 3.8) is 0 Å². The van der Waals surface area contributed by atoms with E-state index in [4.69, 9.17) is 5.26 Å². The lowest BCUT2D eigenvalue weighted by Gasteiger charge is -2.18. The van der Waals surface area contributed by atoms with Gasteiger partial charge in [-0.15, -0.1) is 0 Å². The van der Waals surface area contributed by atoms with Gasteiger partial charge in [0, 0.05) is 6.04 Å². The third kappa shape index (κ3) is 3.31. The van der Waals surface area contributed by atoms with Gasteiger partial charge >= 0.3 is 0 Å². The first-order valence-electron chi connectivity index (χ1n) is 5.81. The summed E-state index contributed by atoms with van der Waals surface area (Å²) < 4.78 is 27.0. The molecule has 0 aliphatic rings. The molecule has 0 saturated heterocycles. The molecule has 0 fully saturated rings. The molecule has 0 aromatic heterocycles. The smallest absolute Gasteiger partial charge is 0.208 e. The van der Waals surface area contributed by atoms with Crippen LogP contribution < -0.4 is 4.72 Å². The highest BCUT2D eigenvalue weighted by molar-refractivity contribution is 7.89. The van der Waals surface area contributed by atoms with Crippen LogP contribution in [0.5, 0.6) is 0 Å². The summed E-state index contributed by atoms with van der Waals surface area (Å²) in [5, 5.41) is 8.76. The summed E-state index contributed by atoms with van der Waals surface area (Å²) in [7, 11) is -3.52. The number of nitriles is 1. The molecule has 0 aliphatic carbocycles. The molecule has 1 aromatic rings. The summed E-state index contributed by atoms with van der Waals surface area (Å²) in [6.07, 6.45) is 0. The standard InChI is InChI=1S/C13H18N2O2S/c1-9(2)11(4)15-18(16,17)13-6-5-12(8-14)7-10(13)3/h5-7,9,11,15H,1-4H3. The summed E-state index contributed by atoms with van der Waals surface area (Å²) in [6, 6.07) is 6.42. The molecule has 18 heavy (non-hydrogen) atoms. The van der Waals surface area contributed by atoms with Crippen LogP contribution in [-0.4, -0.2) is 14.5 Å². The Morgan fingerprint density at radius 1 is 1.28 bits per heavy atom. The van der Waals surface area contributed by atoms with Crippen molar-refractivity contribution in [1.29, 1.82) is 5.26 Å². The molecule has 0 heterocycles. The van der Waals surface area contributed by atoms with E-state index in [2.05, 4.69) is 4.72 Å². The van der Waals surface area contributed by atoms with E-state index in [0.29, 0.717) is 11.1 Å². The van der Waals surface area contributed by atoms with E-state index in [1.54, 1.807) is 13.0 Å². The Morgan fingerprint density at radius 2 is 1.89 bits per heavy atom. The van der Waals surface area contributed by atoms with Crippen LogP contribution in [-0.2, 0) is 10.0 Å². The molecule has 0 spiro atoms. The summed E-state index contributed by atoms with van der Waals surface area (Å²) >= 11 is 0. The minimum atomic E-state index is -3.52. The molecule has 5 heteroatoms. The van der Waals surface area contributed by atoms with Gasteiger partial charge in [-0.2, -0.15) is 5.26 Å². The van der Waals surface area contributed by atoms with Crippen molar-refractivity contribution in [3.8, 4) is 6.07 Å². The molecule has 0 bridgehead atoms. The highest BCUT2D eigenvalue weighted by Gasteiger charge is 2.20. The molecular formula is C13H18N2O2S. The molecule has 98 valence electrons. The molecule has 4 nitrogen and oxygen atoms in total. The predicted molar refractivity (Wildman–Crippen MR) is 70.5 cm³/mol. The van der Waals surface area contributed by atoms with E-state index >= 15 is 0 Å². The van der Waals surface area contributed by atoms with Gasteiger partial charge in [0.1, 0.15) is 0 Å². The summed E-state index contributed by atoms with van der Waals surface area (Å²) in [5.74, 6) is 0.221. The highest BCUT2D eigenvalue weighted by Crippen LogP contribution is 2.17. The Hall–Kier alpha value is -1.38. The Labute approximate surface area is 109 Å². The first-order chi connectivity index (χ1) is 8.27. The largest absolute Gasteiger partial charge is 0.241 e. The van der Waals surface area contributed by atoms with Crippen LogP contribution in [0.15, 0.2) is 23.1 Å². The van der Waals surface area contributed by atoms with E-state index in [1.807, 2.05) is 26.8 Å². The number of nitrogens with one attached hydrogen (secondary N) is 1. The molecule has 1 N–H and O–H groups in total. The SMILES string of the molecule is Cc1cc(C#N)ccc1S(=O)(=O)NC(C)C(C)C. The van der Waals surface area contributed by atoms with E-state index in [9.17, 15) is 8.42 Å². The lowest BCUT2D eigenvalue weighted by Crippen LogP contribution is -2.36. The van der Waals surface area contributed by atoms with E-state index in [-0.39, 0.29) is 16.9 Å². The number of aryl methyl sites for hydroxylation is 1. The van der Waals surface area contributed by atoms with Gasteiger partial charge in [0.2, 0.25) is 10.0 Å². The van der Waals surface area contributed by atoms with Crippen molar-refractivity contribution in [2.75, 3.05) is 0 Å². The molecule has 0 saturated carbocycles. The normalized spacial score (nSPS) is 13.3. The minimum absolute atomic E-state index is 0.134. The van der Waals surface area contributed by atoms with Gasteiger partial charge in [0.05, 0.1) is 16.5 Å². The van der Waals surface area contributed by atoms with E-state index in [0.717, 1.165) is 0 Å². The Kier molecular flexibility index (Phi) is 4.49. The van der Waals surface area contributed by atoms with Crippen LogP contribution in [0.1, 0.15) is 31.9 Å². The zero-order chi connectivity index (χ0) is 13.9. The van der Waals surface area contributed by atoms with Gasteiger partial charge in [-0.1, -0.05) is 13.8 Å². The van der Waals surface area contributed by atoms with Crippen molar-refractivity contribution in [2.45, 2.75) is 38.6 Å². The molecular weight excluding hydrogens is 248 g/mol. The molecule has 1 aromatic carbocycles. The van der Waals surface area contributed by atoms with E-state index < -0.39 is 10.0 Å². The molecule has 1 atom stereocenters. The summed E-state index contributed by atoms with van der Waals surface area (Å²) in [6.45, 7) is 7.44. The fourth-order valence-electron chi connectivity index (χ4n) is 1.46. The van der Waals surface area contributed by atoms with Crippen molar-refractivity contribution in [1.82, 2.24) is 4.72 Å². The van der Waals surface area contributed by atoms with Crippen molar-refractivity contribution in [2.24, 2.45) is 5.92 Å². The quantitative estimate of drug-likeness (QED) is 0.908. The first kappa shape index (κ1) is 14.7. The van der Waals surface area contributed by atoms with Gasteiger partial charge in [-0.3, -0.25) is 0 Å². The fourth-order valence-corrected chi connectivity index (χ4v) is 3.08. The van der Waals surface area contributed by atoms with Crippen molar-refractivity contribution in [3.05, 3.63) is 29.3 Å². The number of sulfonamides is 1. The van der Waals surface area contributed by atoms with Gasteiger partial charge < -0.3 is 0 Å². The average molecular weight is 266 g/mol. The van der Waals surface area contributed by atoms with Gasteiger partial charge in [0.25, 0.3) is 0 Å². The maximum absolute atomic E-state index is 12.2. The second kappa shape index (κ2) is 5.51. The molecule has 0 aliphatic heterocycles. The van der Waals surface area contributed by atoms with Crippen molar-refractivity contribution < 1.29 is 8.42 Å². The zero-order valence-corrected chi connectivity index (χ0v) is 11.9. The lowest BCUT2D eigenvalue weighted by atomic mass is 10.1. The average Bonchev–Trinajstić information content (AvgIpc) is 2.27. The maximum Gasteiger partial charge on any atom is 0.241 e. The van der Waals surface area contributed by atoms with Crippen LogP contribution in [0.3, 0.4) is 0 Å². The third-order valence-corrected chi connectivity index (χ3v) is 4.65. The second-order valence-corrected chi connectivity index (χ2v) is 6.43. The number of nitrogens with zero attached hydrogens (tertiary/aromatic N) is 1. The van der Waals surface area contributed by atoms with Crippen molar-refractivity contribution >= 4 is 10.0 Å². The molecule has 0 radical (unpaired) electrons. The third-order valence-electron chi connectivity index (χ3n) is 2.93. The fraction of sp³-hybridized carbons (Fsp3) is 0.462. The Morgan fingerprint density at radius 3 is 2.33 bits per heavy atom. The van der Waals surface area contributed by atoms with Gasteiger partial charge in [-0.05, 0) is 43.5 Å². The number of benzene rings is 1. The Bertz CT molecular complexity index is 571. The minimum Gasteiger partial charge on any atom is -0.208 e. The molecule has 1 unspecified atom stereocenters. The number of rotatable bonds is 4. The van der Waals surface area contributed by atoms with Crippen LogP contribution in [0.4, 0.5) is 0 Å². The van der Waals surface area contributed by atoms with E-state index in [1.165, 1.54) is 12.1 Å². The predicted octanol–water partition coefficient (Wildman–Crippen LogP) is 2.19. The van der Waals surface area contributed by atoms with Crippen LogP contribution >= 0.6 is 0 Å². The zero-order valence-electron chi connectivity index (χ0n) is 11.1. The monoisotopic (exact) mass is 266 g/mol. The van der Waals surface area contributed by atoms with Crippen LogP contribution in [0.25, 0.3) is 0 Å². The topological polar surface area (TPSA) is 70.0 Å². The lowest BCUT2D eigenvalue weighted by molar-refractivity contribution is 0.476. The van der Waals surface area contributed by atoms with Gasteiger partial charge in [-0.25, -0.2) is 13.1 Å². The molecule has 0 amide bonds. The maximum atomic E-state index is 12.2. The molecule has 1 rings (SSSR count). The van der Waals surface area contributed by atoms with Crippen LogP contribution in [0.2, 0.25) is 0 Å². The number of hydrogen-bond acceptors (Lipinski definition) is 3. The van der Waals surface area contributed by atoms with Gasteiger partial charge in [0.15, 0.2) is 0 Å². The Balaban J connectivity index is 3.10. The summed E-state index contributed by atoms with van der Waals surface area (Å²) in [5.41, 5.74) is 1.04.